The molecule has 1 aromatic heterocycles. The highest BCUT2D eigenvalue weighted by Crippen LogP contribution is 2.34. The SMILES string of the molecule is COc1cccc(-c2nc(C)sc2C(=O)N(CCc2ccc(OC)c(OC)c2)CC2CC2)c1. The molecular weight excluding hydrogens is 436 g/mol. The topological polar surface area (TPSA) is 60.9 Å². The summed E-state index contributed by atoms with van der Waals surface area (Å²) >= 11 is 1.46. The third-order valence-electron chi connectivity index (χ3n) is 5.85. The Morgan fingerprint density at radius 1 is 1.06 bits per heavy atom. The number of ether oxygens (including phenoxy) is 3. The first-order valence-electron chi connectivity index (χ1n) is 11.1. The lowest BCUT2D eigenvalue weighted by Gasteiger charge is -2.23. The average Bonchev–Trinajstić information content (AvgIpc) is 3.59. The van der Waals surface area contributed by atoms with Gasteiger partial charge < -0.3 is 19.1 Å². The number of hydrogen-bond donors (Lipinski definition) is 0. The lowest BCUT2D eigenvalue weighted by Crippen LogP contribution is -2.34. The van der Waals surface area contributed by atoms with E-state index in [9.17, 15) is 4.79 Å². The van der Waals surface area contributed by atoms with E-state index >= 15 is 0 Å². The van der Waals surface area contributed by atoms with Crippen molar-refractivity contribution in [1.29, 1.82) is 0 Å². The van der Waals surface area contributed by atoms with Gasteiger partial charge >= 0.3 is 0 Å². The molecule has 1 heterocycles. The molecule has 1 fully saturated rings. The van der Waals surface area contributed by atoms with Crippen molar-refractivity contribution < 1.29 is 19.0 Å². The average molecular weight is 467 g/mol. The summed E-state index contributed by atoms with van der Waals surface area (Å²) in [5.74, 6) is 2.79. The number of methoxy groups -OCH3 is 3. The smallest absolute Gasteiger partial charge is 0.266 e. The van der Waals surface area contributed by atoms with Crippen LogP contribution in [0.15, 0.2) is 42.5 Å². The molecule has 3 aromatic rings. The first kappa shape index (κ1) is 23.1. The number of nitrogens with zero attached hydrogens (tertiary/aromatic N) is 2. The summed E-state index contributed by atoms with van der Waals surface area (Å²) in [5.41, 5.74) is 2.73. The van der Waals surface area contributed by atoms with Gasteiger partial charge in [-0.15, -0.1) is 11.3 Å². The molecule has 174 valence electrons. The summed E-state index contributed by atoms with van der Waals surface area (Å²) in [4.78, 5) is 21.1. The van der Waals surface area contributed by atoms with Crippen molar-refractivity contribution in [1.82, 2.24) is 9.88 Å². The second-order valence-electron chi connectivity index (χ2n) is 8.28. The second-order valence-corrected chi connectivity index (χ2v) is 9.48. The molecule has 6 nitrogen and oxygen atoms in total. The van der Waals surface area contributed by atoms with Crippen LogP contribution in [-0.2, 0) is 6.42 Å². The molecule has 1 aliphatic rings. The summed E-state index contributed by atoms with van der Waals surface area (Å²) in [6, 6.07) is 13.6. The third-order valence-corrected chi connectivity index (χ3v) is 6.81. The van der Waals surface area contributed by atoms with Gasteiger partial charge in [-0.2, -0.15) is 0 Å². The highest BCUT2D eigenvalue weighted by molar-refractivity contribution is 7.14. The van der Waals surface area contributed by atoms with Gasteiger partial charge in [0.25, 0.3) is 5.91 Å². The van der Waals surface area contributed by atoms with E-state index in [0.717, 1.165) is 40.5 Å². The van der Waals surface area contributed by atoms with E-state index in [1.807, 2.05) is 54.3 Å². The Balaban J connectivity index is 1.57. The molecule has 1 amide bonds. The largest absolute Gasteiger partial charge is 0.497 e. The number of thiazole rings is 1. The van der Waals surface area contributed by atoms with Crippen LogP contribution >= 0.6 is 11.3 Å². The first-order chi connectivity index (χ1) is 16.0. The van der Waals surface area contributed by atoms with Crippen LogP contribution in [0, 0.1) is 12.8 Å². The van der Waals surface area contributed by atoms with Crippen LogP contribution in [0.3, 0.4) is 0 Å². The highest BCUT2D eigenvalue weighted by atomic mass is 32.1. The molecule has 0 unspecified atom stereocenters. The van der Waals surface area contributed by atoms with Crippen LogP contribution in [0.4, 0.5) is 0 Å². The normalized spacial score (nSPS) is 13.0. The van der Waals surface area contributed by atoms with Crippen molar-refractivity contribution in [2.24, 2.45) is 5.92 Å². The van der Waals surface area contributed by atoms with Gasteiger partial charge in [0.15, 0.2) is 11.5 Å². The summed E-state index contributed by atoms with van der Waals surface area (Å²) in [6.45, 7) is 3.36. The molecule has 0 radical (unpaired) electrons. The fraction of sp³-hybridized carbons (Fsp3) is 0.385. The Morgan fingerprint density at radius 3 is 2.55 bits per heavy atom. The number of benzene rings is 2. The molecule has 0 bridgehead atoms. The number of amides is 1. The number of aryl methyl sites for hydroxylation is 1. The van der Waals surface area contributed by atoms with Gasteiger partial charge in [0.2, 0.25) is 0 Å². The summed E-state index contributed by atoms with van der Waals surface area (Å²) in [5, 5.41) is 0.877. The standard InChI is InChI=1S/C26H30N2O4S/c1-17-27-24(20-6-5-7-21(15-20)30-2)25(33-17)26(29)28(16-19-8-9-19)13-12-18-10-11-22(31-3)23(14-18)32-4/h5-7,10-11,14-15,19H,8-9,12-13,16H2,1-4H3. The Labute approximate surface area is 199 Å². The fourth-order valence-corrected chi connectivity index (χ4v) is 4.78. The number of hydrogen-bond acceptors (Lipinski definition) is 6. The number of rotatable bonds is 10. The Kier molecular flexibility index (Phi) is 7.18. The van der Waals surface area contributed by atoms with Crippen LogP contribution < -0.4 is 14.2 Å². The third kappa shape index (κ3) is 5.47. The van der Waals surface area contributed by atoms with Gasteiger partial charge in [-0.05, 0) is 61.9 Å². The van der Waals surface area contributed by atoms with E-state index in [2.05, 4.69) is 0 Å². The van der Waals surface area contributed by atoms with Gasteiger partial charge in [0, 0.05) is 18.7 Å². The fourth-order valence-electron chi connectivity index (χ4n) is 3.87. The van der Waals surface area contributed by atoms with Crippen LogP contribution in [-0.4, -0.2) is 50.2 Å². The van der Waals surface area contributed by atoms with Crippen molar-refractivity contribution in [2.75, 3.05) is 34.4 Å². The van der Waals surface area contributed by atoms with E-state index in [4.69, 9.17) is 19.2 Å². The molecule has 2 aromatic carbocycles. The number of carbonyl (C=O) groups is 1. The molecule has 0 saturated heterocycles. The molecule has 0 atom stereocenters. The molecule has 0 N–H and O–H groups in total. The lowest BCUT2D eigenvalue weighted by atomic mass is 10.1. The molecule has 7 heteroatoms. The van der Waals surface area contributed by atoms with Crippen molar-refractivity contribution in [2.45, 2.75) is 26.2 Å². The maximum atomic E-state index is 13.7. The molecule has 1 saturated carbocycles. The maximum absolute atomic E-state index is 13.7. The molecule has 0 spiro atoms. The maximum Gasteiger partial charge on any atom is 0.266 e. The lowest BCUT2D eigenvalue weighted by molar-refractivity contribution is 0.0755. The quantitative estimate of drug-likeness (QED) is 0.409. The minimum atomic E-state index is 0.0470. The van der Waals surface area contributed by atoms with Gasteiger partial charge in [0.05, 0.1) is 32.0 Å². The number of aromatic nitrogens is 1. The monoisotopic (exact) mass is 466 g/mol. The molecule has 1 aliphatic carbocycles. The molecule has 0 aliphatic heterocycles. The van der Waals surface area contributed by atoms with Gasteiger partial charge in [-0.25, -0.2) is 4.98 Å². The van der Waals surface area contributed by atoms with Crippen molar-refractivity contribution in [3.8, 4) is 28.5 Å². The van der Waals surface area contributed by atoms with Crippen LogP contribution in [0.5, 0.6) is 17.2 Å². The van der Waals surface area contributed by atoms with E-state index in [0.29, 0.717) is 28.8 Å². The van der Waals surface area contributed by atoms with Crippen LogP contribution in [0.1, 0.15) is 33.1 Å². The van der Waals surface area contributed by atoms with Crippen molar-refractivity contribution >= 4 is 17.2 Å². The van der Waals surface area contributed by atoms with E-state index in [1.165, 1.54) is 24.2 Å². The minimum absolute atomic E-state index is 0.0470. The predicted octanol–water partition coefficient (Wildman–Crippen LogP) is 5.24. The zero-order chi connectivity index (χ0) is 23.4. The van der Waals surface area contributed by atoms with E-state index < -0.39 is 0 Å². The highest BCUT2D eigenvalue weighted by Gasteiger charge is 2.30. The van der Waals surface area contributed by atoms with Crippen molar-refractivity contribution in [3.63, 3.8) is 0 Å². The predicted molar refractivity (Wildman–Crippen MR) is 131 cm³/mol. The van der Waals surface area contributed by atoms with Gasteiger partial charge in [-0.3, -0.25) is 4.79 Å². The van der Waals surface area contributed by atoms with E-state index in [1.54, 1.807) is 21.3 Å². The molecule has 4 rings (SSSR count). The van der Waals surface area contributed by atoms with Gasteiger partial charge in [-0.1, -0.05) is 18.2 Å². The first-order valence-corrected chi connectivity index (χ1v) is 12.0. The summed E-state index contributed by atoms with van der Waals surface area (Å²) < 4.78 is 16.2. The number of carbonyl (C=O) groups excluding carboxylic acids is 1. The second kappa shape index (κ2) is 10.3. The molecular formula is C26H30N2O4S. The van der Waals surface area contributed by atoms with Crippen LogP contribution in [0.25, 0.3) is 11.3 Å². The van der Waals surface area contributed by atoms with Crippen molar-refractivity contribution in [3.05, 3.63) is 57.9 Å². The molecule has 33 heavy (non-hydrogen) atoms. The Bertz CT molecular complexity index is 1120. The summed E-state index contributed by atoms with van der Waals surface area (Å²) in [6.07, 6.45) is 3.11. The van der Waals surface area contributed by atoms with Crippen LogP contribution in [0.2, 0.25) is 0 Å². The minimum Gasteiger partial charge on any atom is -0.497 e. The Morgan fingerprint density at radius 2 is 1.85 bits per heavy atom. The zero-order valence-electron chi connectivity index (χ0n) is 19.6. The van der Waals surface area contributed by atoms with E-state index in [-0.39, 0.29) is 5.91 Å². The van der Waals surface area contributed by atoms with Gasteiger partial charge in [0.1, 0.15) is 10.6 Å². The zero-order valence-corrected chi connectivity index (χ0v) is 20.4. The Hall–Kier alpha value is -3.06. The summed E-state index contributed by atoms with van der Waals surface area (Å²) in [7, 11) is 4.91.